The quantitative estimate of drug-likeness (QED) is 0.302. The lowest BCUT2D eigenvalue weighted by Gasteiger charge is -2.07. The first-order chi connectivity index (χ1) is 15.6. The van der Waals surface area contributed by atoms with Crippen LogP contribution < -0.4 is 0 Å². The fourth-order valence-electron chi connectivity index (χ4n) is 3.82. The molecule has 0 aliphatic carbocycles. The van der Waals surface area contributed by atoms with Crippen molar-refractivity contribution in [1.82, 2.24) is 29.1 Å². The van der Waals surface area contributed by atoms with Crippen molar-refractivity contribution in [1.29, 1.82) is 0 Å². The van der Waals surface area contributed by atoms with Gasteiger partial charge in [0.25, 0.3) is 0 Å². The first-order valence-corrected chi connectivity index (χ1v) is 10.4. The van der Waals surface area contributed by atoms with Gasteiger partial charge in [-0.25, -0.2) is 14.5 Å². The standard InChI is InChI=1S/C24H23N7O/c1-16-18(3)30(13-19-8-7-11-25-12-19)23-22(16)24-27-21(28-31(24)15-26-23)14-32-29-17(2)20-9-5-4-6-10-20/h4-12,15H,13-14H2,1-3H3. The summed E-state index contributed by atoms with van der Waals surface area (Å²) in [6.07, 6.45) is 5.36. The van der Waals surface area contributed by atoms with Gasteiger partial charge in [-0.15, -0.1) is 5.10 Å². The number of oxime groups is 1. The van der Waals surface area contributed by atoms with Gasteiger partial charge in [0.05, 0.1) is 17.6 Å². The number of aryl methyl sites for hydroxylation is 1. The van der Waals surface area contributed by atoms with Crippen LogP contribution in [0.25, 0.3) is 16.7 Å². The number of nitrogens with zero attached hydrogens (tertiary/aromatic N) is 7. The number of pyridine rings is 1. The van der Waals surface area contributed by atoms with Crippen molar-refractivity contribution in [2.24, 2.45) is 5.16 Å². The van der Waals surface area contributed by atoms with Crippen LogP contribution in [-0.4, -0.2) is 34.8 Å². The number of rotatable bonds is 6. The maximum absolute atomic E-state index is 5.53. The van der Waals surface area contributed by atoms with Crippen molar-refractivity contribution in [2.75, 3.05) is 0 Å². The van der Waals surface area contributed by atoms with Crippen LogP contribution in [-0.2, 0) is 18.0 Å². The summed E-state index contributed by atoms with van der Waals surface area (Å²) in [5.41, 5.74) is 6.88. The summed E-state index contributed by atoms with van der Waals surface area (Å²) >= 11 is 0. The molecule has 1 aromatic carbocycles. The third kappa shape index (κ3) is 3.60. The summed E-state index contributed by atoms with van der Waals surface area (Å²) in [5, 5.41) is 9.73. The zero-order valence-corrected chi connectivity index (χ0v) is 18.2. The van der Waals surface area contributed by atoms with Gasteiger partial charge in [0.2, 0.25) is 0 Å². The molecule has 0 saturated carbocycles. The van der Waals surface area contributed by atoms with E-state index < -0.39 is 0 Å². The highest BCUT2D eigenvalue weighted by molar-refractivity contribution is 5.98. The summed E-state index contributed by atoms with van der Waals surface area (Å²) in [6.45, 7) is 6.99. The van der Waals surface area contributed by atoms with Crippen LogP contribution >= 0.6 is 0 Å². The van der Waals surface area contributed by atoms with Crippen molar-refractivity contribution in [3.63, 3.8) is 0 Å². The molecule has 0 spiro atoms. The first-order valence-electron chi connectivity index (χ1n) is 10.4. The van der Waals surface area contributed by atoms with Gasteiger partial charge in [-0.3, -0.25) is 4.98 Å². The van der Waals surface area contributed by atoms with Crippen LogP contribution in [0.15, 0.2) is 66.3 Å². The zero-order valence-electron chi connectivity index (χ0n) is 18.2. The van der Waals surface area contributed by atoms with Crippen molar-refractivity contribution >= 4 is 22.4 Å². The van der Waals surface area contributed by atoms with Gasteiger partial charge in [0.1, 0.15) is 12.0 Å². The van der Waals surface area contributed by atoms with E-state index in [4.69, 9.17) is 9.82 Å². The molecule has 0 amide bonds. The number of fused-ring (bicyclic) bond motifs is 3. The topological polar surface area (TPSA) is 82.5 Å². The predicted octanol–water partition coefficient (Wildman–Crippen LogP) is 4.08. The van der Waals surface area contributed by atoms with Gasteiger partial charge in [0, 0.05) is 18.1 Å². The first kappa shape index (κ1) is 19.9. The largest absolute Gasteiger partial charge is 0.387 e. The van der Waals surface area contributed by atoms with Crippen LogP contribution in [0.4, 0.5) is 0 Å². The molecular weight excluding hydrogens is 402 g/mol. The maximum atomic E-state index is 5.53. The zero-order chi connectivity index (χ0) is 22.1. The second-order valence-electron chi connectivity index (χ2n) is 7.71. The maximum Gasteiger partial charge on any atom is 0.192 e. The van der Waals surface area contributed by atoms with Crippen LogP contribution in [0.3, 0.4) is 0 Å². The van der Waals surface area contributed by atoms with Crippen LogP contribution in [0.1, 0.15) is 35.1 Å². The second kappa shape index (κ2) is 8.22. The van der Waals surface area contributed by atoms with Crippen LogP contribution in [0, 0.1) is 13.8 Å². The molecule has 0 fully saturated rings. The molecule has 32 heavy (non-hydrogen) atoms. The van der Waals surface area contributed by atoms with Crippen LogP contribution in [0.5, 0.6) is 0 Å². The van der Waals surface area contributed by atoms with E-state index in [1.807, 2.05) is 49.5 Å². The summed E-state index contributed by atoms with van der Waals surface area (Å²) < 4.78 is 3.90. The summed E-state index contributed by atoms with van der Waals surface area (Å²) in [6, 6.07) is 13.9. The smallest absolute Gasteiger partial charge is 0.192 e. The summed E-state index contributed by atoms with van der Waals surface area (Å²) in [5.74, 6) is 0.556. The Labute approximate surface area is 185 Å². The lowest BCUT2D eigenvalue weighted by atomic mass is 10.1. The number of hydrogen-bond donors (Lipinski definition) is 0. The molecular formula is C24H23N7O. The van der Waals surface area contributed by atoms with Crippen molar-refractivity contribution < 1.29 is 4.84 Å². The highest BCUT2D eigenvalue weighted by atomic mass is 16.6. The van der Waals surface area contributed by atoms with E-state index in [1.165, 1.54) is 0 Å². The fourth-order valence-corrected chi connectivity index (χ4v) is 3.82. The third-order valence-electron chi connectivity index (χ3n) is 5.64. The molecule has 0 saturated heterocycles. The van der Waals surface area contributed by atoms with Gasteiger partial charge in [-0.2, -0.15) is 0 Å². The number of benzene rings is 1. The van der Waals surface area contributed by atoms with E-state index in [1.54, 1.807) is 17.0 Å². The normalized spacial score (nSPS) is 12.0. The van der Waals surface area contributed by atoms with E-state index in [0.29, 0.717) is 12.4 Å². The number of hydrogen-bond acceptors (Lipinski definition) is 6. The number of aromatic nitrogens is 6. The van der Waals surface area contributed by atoms with E-state index >= 15 is 0 Å². The van der Waals surface area contributed by atoms with E-state index in [2.05, 4.69) is 44.7 Å². The van der Waals surface area contributed by atoms with Crippen molar-refractivity contribution in [2.45, 2.75) is 33.9 Å². The molecule has 160 valence electrons. The molecule has 5 rings (SSSR count). The minimum absolute atomic E-state index is 0.182. The molecule has 0 atom stereocenters. The van der Waals surface area contributed by atoms with Crippen molar-refractivity contribution in [3.8, 4) is 0 Å². The summed E-state index contributed by atoms with van der Waals surface area (Å²) in [7, 11) is 0. The Kier molecular flexibility index (Phi) is 5.10. The Morgan fingerprint density at radius 2 is 1.91 bits per heavy atom. The Balaban J connectivity index is 1.45. The summed E-state index contributed by atoms with van der Waals surface area (Å²) in [4.78, 5) is 19.2. The van der Waals surface area contributed by atoms with Gasteiger partial charge in [-0.05, 0) is 43.5 Å². The average molecular weight is 425 g/mol. The lowest BCUT2D eigenvalue weighted by molar-refractivity contribution is 0.125. The Morgan fingerprint density at radius 3 is 2.69 bits per heavy atom. The van der Waals surface area contributed by atoms with Crippen LogP contribution in [0.2, 0.25) is 0 Å². The minimum atomic E-state index is 0.182. The van der Waals surface area contributed by atoms with E-state index in [-0.39, 0.29) is 6.61 Å². The van der Waals surface area contributed by atoms with E-state index in [0.717, 1.165) is 44.8 Å². The third-order valence-corrected chi connectivity index (χ3v) is 5.64. The fraction of sp³-hybridized carbons (Fsp3) is 0.208. The van der Waals surface area contributed by atoms with Gasteiger partial charge in [-0.1, -0.05) is 41.6 Å². The molecule has 0 aliphatic rings. The second-order valence-corrected chi connectivity index (χ2v) is 7.71. The highest BCUT2D eigenvalue weighted by Gasteiger charge is 2.18. The molecule has 0 radical (unpaired) electrons. The molecule has 0 bridgehead atoms. The Hall–Kier alpha value is -4.07. The molecule has 0 aliphatic heterocycles. The molecule has 5 aromatic rings. The van der Waals surface area contributed by atoms with Gasteiger partial charge >= 0.3 is 0 Å². The molecule has 8 nitrogen and oxygen atoms in total. The average Bonchev–Trinajstić information content (AvgIpc) is 3.34. The predicted molar refractivity (Wildman–Crippen MR) is 123 cm³/mol. The highest BCUT2D eigenvalue weighted by Crippen LogP contribution is 2.27. The van der Waals surface area contributed by atoms with Gasteiger partial charge in [0.15, 0.2) is 18.1 Å². The molecule has 8 heteroatoms. The molecule has 0 unspecified atom stereocenters. The molecule has 4 heterocycles. The Bertz CT molecular complexity index is 1420. The minimum Gasteiger partial charge on any atom is -0.387 e. The SMILES string of the molecule is CC(=NOCc1nc2c3c(C)c(C)n(Cc4cccnc4)c3ncn2n1)c1ccccc1. The van der Waals surface area contributed by atoms with Gasteiger partial charge < -0.3 is 9.40 Å². The monoisotopic (exact) mass is 425 g/mol. The molecule has 0 N–H and O–H groups in total. The molecule has 4 aromatic heterocycles. The van der Waals surface area contributed by atoms with Crippen molar-refractivity contribution in [3.05, 3.63) is 89.4 Å². The Morgan fingerprint density at radius 1 is 1.06 bits per heavy atom. The lowest BCUT2D eigenvalue weighted by Crippen LogP contribution is -2.03. The van der Waals surface area contributed by atoms with E-state index in [9.17, 15) is 0 Å².